The molecule has 0 aliphatic rings. The molecule has 0 aliphatic heterocycles. The lowest BCUT2D eigenvalue weighted by molar-refractivity contribution is 0.166. The number of benzene rings is 2. The van der Waals surface area contributed by atoms with Gasteiger partial charge in [0.15, 0.2) is 0 Å². The molecule has 2 aromatic rings. The highest BCUT2D eigenvalue weighted by Crippen LogP contribution is 2.28. The Morgan fingerprint density at radius 2 is 1.95 bits per heavy atom. The molecule has 2 aromatic carbocycles. The average Bonchev–Trinajstić information content (AvgIpc) is 2.53. The van der Waals surface area contributed by atoms with Gasteiger partial charge in [-0.15, -0.1) is 0 Å². The predicted octanol–water partition coefficient (Wildman–Crippen LogP) is 3.86. The summed E-state index contributed by atoms with van der Waals surface area (Å²) in [6, 6.07) is 11.9. The Balaban J connectivity index is 2.13. The lowest BCUT2D eigenvalue weighted by Gasteiger charge is -2.15. The molecule has 0 heterocycles. The fourth-order valence-corrected chi connectivity index (χ4v) is 2.03. The molecule has 0 saturated heterocycles. The van der Waals surface area contributed by atoms with Gasteiger partial charge in [-0.1, -0.05) is 25.1 Å². The van der Waals surface area contributed by atoms with Gasteiger partial charge in [-0.25, -0.2) is 4.39 Å². The van der Waals surface area contributed by atoms with E-state index in [-0.39, 0.29) is 12.4 Å². The van der Waals surface area contributed by atoms with Gasteiger partial charge in [-0.3, -0.25) is 0 Å². The highest BCUT2D eigenvalue weighted by atomic mass is 19.1. The molecule has 0 fully saturated rings. The molecule has 112 valence electrons. The van der Waals surface area contributed by atoms with Gasteiger partial charge in [0.25, 0.3) is 0 Å². The van der Waals surface area contributed by atoms with Crippen LogP contribution in [0.15, 0.2) is 42.5 Å². The Kier molecular flexibility index (Phi) is 5.17. The van der Waals surface area contributed by atoms with Crippen LogP contribution >= 0.6 is 0 Å². The smallest absolute Gasteiger partial charge is 0.133 e. The first-order valence-corrected chi connectivity index (χ1v) is 6.88. The third-order valence-corrected chi connectivity index (χ3v) is 3.31. The van der Waals surface area contributed by atoms with Gasteiger partial charge in [-0.2, -0.15) is 0 Å². The van der Waals surface area contributed by atoms with E-state index >= 15 is 0 Å². The lowest BCUT2D eigenvalue weighted by atomic mass is 10.1. The molecule has 0 aliphatic carbocycles. The van der Waals surface area contributed by atoms with E-state index in [0.717, 1.165) is 0 Å². The van der Waals surface area contributed by atoms with Gasteiger partial charge in [0.1, 0.15) is 23.9 Å². The van der Waals surface area contributed by atoms with Crippen LogP contribution in [-0.4, -0.2) is 12.2 Å². The van der Waals surface area contributed by atoms with Gasteiger partial charge in [0.05, 0.1) is 13.2 Å². The molecule has 0 radical (unpaired) electrons. The van der Waals surface area contributed by atoms with Crippen molar-refractivity contribution in [1.82, 2.24) is 0 Å². The van der Waals surface area contributed by atoms with Crippen molar-refractivity contribution in [1.29, 1.82) is 0 Å². The van der Waals surface area contributed by atoms with E-state index in [9.17, 15) is 9.50 Å². The summed E-state index contributed by atoms with van der Waals surface area (Å²) in [6.07, 6.45) is 0.0130. The van der Waals surface area contributed by atoms with Crippen molar-refractivity contribution in [3.8, 4) is 11.5 Å². The maximum absolute atomic E-state index is 13.9. The van der Waals surface area contributed by atoms with Crippen molar-refractivity contribution in [2.75, 3.05) is 7.11 Å². The number of methoxy groups -OCH3 is 1. The first-order valence-electron chi connectivity index (χ1n) is 6.88. The zero-order valence-electron chi connectivity index (χ0n) is 12.2. The zero-order valence-corrected chi connectivity index (χ0v) is 12.2. The maximum atomic E-state index is 13.9. The molecule has 3 nitrogen and oxygen atoms in total. The number of para-hydroxylation sites is 1. The fourth-order valence-electron chi connectivity index (χ4n) is 2.03. The third-order valence-electron chi connectivity index (χ3n) is 3.31. The second kappa shape index (κ2) is 7.09. The van der Waals surface area contributed by atoms with Crippen LogP contribution in [0.3, 0.4) is 0 Å². The summed E-state index contributed by atoms with van der Waals surface area (Å²) in [4.78, 5) is 0. The number of rotatable bonds is 6. The molecule has 1 atom stereocenters. The molecule has 2 rings (SSSR count). The average molecular weight is 290 g/mol. The minimum atomic E-state index is -0.582. The van der Waals surface area contributed by atoms with Crippen molar-refractivity contribution < 1.29 is 19.0 Å². The van der Waals surface area contributed by atoms with Crippen molar-refractivity contribution >= 4 is 0 Å². The van der Waals surface area contributed by atoms with Crippen molar-refractivity contribution in [3.63, 3.8) is 0 Å². The van der Waals surface area contributed by atoms with Crippen molar-refractivity contribution in [2.45, 2.75) is 26.1 Å². The Morgan fingerprint density at radius 1 is 1.19 bits per heavy atom. The van der Waals surface area contributed by atoms with Crippen LogP contribution in [0.25, 0.3) is 0 Å². The molecule has 0 spiro atoms. The van der Waals surface area contributed by atoms with Gasteiger partial charge in [0.2, 0.25) is 0 Å². The highest BCUT2D eigenvalue weighted by Gasteiger charge is 2.12. The van der Waals surface area contributed by atoms with Crippen LogP contribution in [0.5, 0.6) is 11.5 Å². The van der Waals surface area contributed by atoms with E-state index in [1.807, 2.05) is 25.1 Å². The first kappa shape index (κ1) is 15.3. The monoisotopic (exact) mass is 290 g/mol. The highest BCUT2D eigenvalue weighted by molar-refractivity contribution is 5.35. The number of hydrogen-bond donors (Lipinski definition) is 1. The van der Waals surface area contributed by atoms with E-state index in [1.54, 1.807) is 18.2 Å². The van der Waals surface area contributed by atoms with Crippen LogP contribution in [-0.2, 0) is 6.61 Å². The molecule has 1 N–H and O–H groups in total. The summed E-state index contributed by atoms with van der Waals surface area (Å²) in [6.45, 7) is 1.99. The van der Waals surface area contributed by atoms with E-state index in [1.165, 1.54) is 13.2 Å². The molecule has 0 unspecified atom stereocenters. The van der Waals surface area contributed by atoms with Crippen molar-refractivity contribution in [2.24, 2.45) is 0 Å². The molecule has 0 amide bonds. The quantitative estimate of drug-likeness (QED) is 0.878. The Hall–Kier alpha value is -2.07. The predicted molar refractivity (Wildman–Crippen MR) is 79.0 cm³/mol. The number of aliphatic hydroxyl groups excluding tert-OH is 1. The number of hydrogen-bond acceptors (Lipinski definition) is 3. The standard InChI is InChI=1S/C17H19FO3/c1-3-16(19)14-6-4-5-7-17(14)21-11-12-8-9-13(20-2)10-15(12)18/h4-10,16,19H,3,11H2,1-2H3/t16-/m0/s1. The topological polar surface area (TPSA) is 38.7 Å². The summed E-state index contributed by atoms with van der Waals surface area (Å²) >= 11 is 0. The second-order valence-electron chi connectivity index (χ2n) is 4.71. The first-order chi connectivity index (χ1) is 10.2. The summed E-state index contributed by atoms with van der Waals surface area (Å²) in [7, 11) is 1.49. The second-order valence-corrected chi connectivity index (χ2v) is 4.71. The lowest BCUT2D eigenvalue weighted by Crippen LogP contribution is -2.03. The fraction of sp³-hybridized carbons (Fsp3) is 0.294. The zero-order chi connectivity index (χ0) is 15.2. The van der Waals surface area contributed by atoms with Crippen LogP contribution < -0.4 is 9.47 Å². The SMILES string of the molecule is CC[C@H](O)c1ccccc1OCc1ccc(OC)cc1F. The number of aliphatic hydroxyl groups is 1. The Morgan fingerprint density at radius 3 is 2.62 bits per heavy atom. The summed E-state index contributed by atoms with van der Waals surface area (Å²) < 4.78 is 24.5. The third kappa shape index (κ3) is 3.73. The molecule has 0 bridgehead atoms. The number of ether oxygens (including phenoxy) is 2. The van der Waals surface area contributed by atoms with Crippen LogP contribution in [0.2, 0.25) is 0 Å². The van der Waals surface area contributed by atoms with Gasteiger partial charge in [0, 0.05) is 17.2 Å². The Bertz CT molecular complexity index is 598. The molecule has 21 heavy (non-hydrogen) atoms. The number of halogens is 1. The molecule has 4 heteroatoms. The summed E-state index contributed by atoms with van der Waals surface area (Å²) in [5.74, 6) is 0.669. The Labute approximate surface area is 124 Å². The summed E-state index contributed by atoms with van der Waals surface area (Å²) in [5.41, 5.74) is 1.16. The van der Waals surface area contributed by atoms with Crippen LogP contribution in [0, 0.1) is 5.82 Å². The minimum Gasteiger partial charge on any atom is -0.497 e. The molecular weight excluding hydrogens is 271 g/mol. The maximum Gasteiger partial charge on any atom is 0.133 e. The molecule has 0 saturated carbocycles. The van der Waals surface area contributed by atoms with Gasteiger partial charge >= 0.3 is 0 Å². The normalized spacial score (nSPS) is 12.0. The van der Waals surface area contributed by atoms with E-state index in [0.29, 0.717) is 29.0 Å². The van der Waals surface area contributed by atoms with E-state index in [2.05, 4.69) is 0 Å². The van der Waals surface area contributed by atoms with Crippen molar-refractivity contribution in [3.05, 3.63) is 59.4 Å². The van der Waals surface area contributed by atoms with E-state index < -0.39 is 6.10 Å². The summed E-state index contributed by atoms with van der Waals surface area (Å²) in [5, 5.41) is 9.96. The molecule has 0 aromatic heterocycles. The van der Waals surface area contributed by atoms with E-state index in [4.69, 9.17) is 9.47 Å². The molecular formula is C17H19FO3. The van der Waals surface area contributed by atoms with Crippen LogP contribution in [0.1, 0.15) is 30.6 Å². The largest absolute Gasteiger partial charge is 0.497 e. The minimum absolute atomic E-state index is 0.100. The van der Waals surface area contributed by atoms with Gasteiger partial charge < -0.3 is 14.6 Å². The van der Waals surface area contributed by atoms with Crippen LogP contribution in [0.4, 0.5) is 4.39 Å². The van der Waals surface area contributed by atoms with Gasteiger partial charge in [-0.05, 0) is 24.6 Å².